The molecule has 1 aliphatic rings. The number of nitro groups is 1. The minimum Gasteiger partial charge on any atom is -0.478 e. The Labute approximate surface area is 122 Å². The number of nitrogens with one attached hydrogen (secondary N) is 1. The van der Waals surface area contributed by atoms with Crippen molar-refractivity contribution in [3.63, 3.8) is 0 Å². The maximum atomic E-state index is 11.2. The lowest BCUT2D eigenvalue weighted by molar-refractivity contribution is -0.384. The van der Waals surface area contributed by atoms with Crippen molar-refractivity contribution in [3.05, 3.63) is 33.9 Å². The highest BCUT2D eigenvalue weighted by molar-refractivity contribution is 5.96. The van der Waals surface area contributed by atoms with Gasteiger partial charge in [0.2, 0.25) is 0 Å². The molecule has 1 atom stereocenters. The number of rotatable bonds is 6. The van der Waals surface area contributed by atoms with Gasteiger partial charge in [0.05, 0.1) is 16.6 Å². The predicted octanol–water partition coefficient (Wildman–Crippen LogP) is 2.66. The number of hydrogen-bond acceptors (Lipinski definition) is 5. The monoisotopic (exact) mass is 294 g/mol. The van der Waals surface area contributed by atoms with Crippen LogP contribution in [0.15, 0.2) is 18.2 Å². The van der Waals surface area contributed by atoms with Crippen molar-refractivity contribution in [2.24, 2.45) is 0 Å². The first-order chi connectivity index (χ1) is 10.1. The zero-order valence-corrected chi connectivity index (χ0v) is 11.6. The van der Waals surface area contributed by atoms with Gasteiger partial charge in [-0.2, -0.15) is 0 Å². The minimum absolute atomic E-state index is 0.0609. The van der Waals surface area contributed by atoms with Gasteiger partial charge >= 0.3 is 5.97 Å². The highest BCUT2D eigenvalue weighted by Gasteiger charge is 2.21. The number of nitrogens with zero attached hydrogens (tertiary/aromatic N) is 1. The van der Waals surface area contributed by atoms with Gasteiger partial charge < -0.3 is 15.2 Å². The molecule has 7 nitrogen and oxygen atoms in total. The van der Waals surface area contributed by atoms with Crippen molar-refractivity contribution in [3.8, 4) is 0 Å². The summed E-state index contributed by atoms with van der Waals surface area (Å²) in [5.41, 5.74) is -0.251. The van der Waals surface area contributed by atoms with Crippen LogP contribution in [-0.2, 0) is 4.74 Å². The summed E-state index contributed by atoms with van der Waals surface area (Å²) in [6, 6.07) is 4.03. The third kappa shape index (κ3) is 3.91. The van der Waals surface area contributed by atoms with Crippen LogP contribution in [0.5, 0.6) is 0 Å². The number of aromatic carboxylic acids is 1. The third-order valence-electron chi connectivity index (χ3n) is 3.51. The molecule has 0 bridgehead atoms. The van der Waals surface area contributed by atoms with E-state index >= 15 is 0 Å². The molecule has 0 saturated carbocycles. The van der Waals surface area contributed by atoms with E-state index in [1.807, 2.05) is 0 Å². The van der Waals surface area contributed by atoms with Crippen molar-refractivity contribution in [2.45, 2.75) is 31.8 Å². The molecule has 0 aliphatic carbocycles. The van der Waals surface area contributed by atoms with Crippen molar-refractivity contribution in [1.29, 1.82) is 0 Å². The fourth-order valence-electron chi connectivity index (χ4n) is 2.45. The van der Waals surface area contributed by atoms with Gasteiger partial charge in [-0.1, -0.05) is 6.07 Å². The molecule has 0 amide bonds. The van der Waals surface area contributed by atoms with Crippen LogP contribution >= 0.6 is 0 Å². The largest absolute Gasteiger partial charge is 0.478 e. The summed E-state index contributed by atoms with van der Waals surface area (Å²) in [6.07, 6.45) is 4.01. The molecule has 0 aromatic heterocycles. The van der Waals surface area contributed by atoms with Gasteiger partial charge in [0, 0.05) is 19.2 Å². The first kappa shape index (κ1) is 15.2. The zero-order chi connectivity index (χ0) is 15.2. The summed E-state index contributed by atoms with van der Waals surface area (Å²) < 4.78 is 5.58. The molecule has 21 heavy (non-hydrogen) atoms. The molecule has 114 valence electrons. The second kappa shape index (κ2) is 7.03. The lowest BCUT2D eigenvalue weighted by atomic mass is 10.1. The molecule has 1 heterocycles. The molecule has 0 spiro atoms. The van der Waals surface area contributed by atoms with E-state index in [0.29, 0.717) is 13.0 Å². The lowest BCUT2D eigenvalue weighted by Gasteiger charge is -2.22. The molecular weight excluding hydrogens is 276 g/mol. The number of ether oxygens (including phenoxy) is 1. The SMILES string of the molecule is O=C(O)c1cccc([N+](=O)[O-])c1NCCC1CCCCO1. The van der Waals surface area contributed by atoms with Crippen molar-refractivity contribution >= 4 is 17.3 Å². The molecule has 1 unspecified atom stereocenters. The molecule has 1 aliphatic heterocycles. The van der Waals surface area contributed by atoms with Crippen LogP contribution in [0.1, 0.15) is 36.0 Å². The summed E-state index contributed by atoms with van der Waals surface area (Å²) in [7, 11) is 0. The third-order valence-corrected chi connectivity index (χ3v) is 3.51. The molecule has 1 aromatic carbocycles. The lowest BCUT2D eigenvalue weighted by Crippen LogP contribution is -2.22. The highest BCUT2D eigenvalue weighted by Crippen LogP contribution is 2.28. The van der Waals surface area contributed by atoms with Crippen molar-refractivity contribution in [1.82, 2.24) is 0 Å². The summed E-state index contributed by atoms with van der Waals surface area (Å²) in [5, 5.41) is 23.0. The Kier molecular flexibility index (Phi) is 5.10. The van der Waals surface area contributed by atoms with Gasteiger partial charge in [0.15, 0.2) is 0 Å². The van der Waals surface area contributed by atoms with Crippen molar-refractivity contribution < 1.29 is 19.6 Å². The molecule has 1 fully saturated rings. The number of carbonyl (C=O) groups is 1. The van der Waals surface area contributed by atoms with Gasteiger partial charge in [-0.3, -0.25) is 10.1 Å². The first-order valence-corrected chi connectivity index (χ1v) is 6.95. The fraction of sp³-hybridized carbons (Fsp3) is 0.500. The van der Waals surface area contributed by atoms with Crippen LogP contribution in [0.2, 0.25) is 0 Å². The molecule has 0 radical (unpaired) electrons. The summed E-state index contributed by atoms with van der Waals surface area (Å²) >= 11 is 0. The van der Waals surface area contributed by atoms with Crippen LogP contribution in [0.25, 0.3) is 0 Å². The first-order valence-electron chi connectivity index (χ1n) is 6.95. The van der Waals surface area contributed by atoms with Crippen LogP contribution in [0, 0.1) is 10.1 Å². The summed E-state index contributed by atoms with van der Waals surface area (Å²) in [4.78, 5) is 21.6. The smallest absolute Gasteiger partial charge is 0.338 e. The van der Waals surface area contributed by atoms with Crippen LogP contribution < -0.4 is 5.32 Å². The Bertz CT molecular complexity index is 494. The number of nitro benzene ring substituents is 1. The number of carboxylic acid groups (broad SMARTS) is 1. The maximum absolute atomic E-state index is 11.2. The van der Waals surface area contributed by atoms with E-state index in [0.717, 1.165) is 25.9 Å². The quantitative estimate of drug-likeness (QED) is 0.617. The van der Waals surface area contributed by atoms with Crippen LogP contribution in [-0.4, -0.2) is 35.3 Å². The Morgan fingerprint density at radius 2 is 2.29 bits per heavy atom. The topological polar surface area (TPSA) is 102 Å². The second-order valence-corrected chi connectivity index (χ2v) is 4.97. The Morgan fingerprint density at radius 1 is 1.48 bits per heavy atom. The number of para-hydroxylation sites is 1. The van der Waals surface area contributed by atoms with Gasteiger partial charge in [0.1, 0.15) is 5.69 Å². The number of carboxylic acids is 1. The van der Waals surface area contributed by atoms with Gasteiger partial charge in [-0.15, -0.1) is 0 Å². The molecule has 7 heteroatoms. The standard InChI is InChI=1S/C14H18N2O5/c17-14(18)11-5-3-6-12(16(19)20)13(11)15-8-7-10-4-1-2-9-21-10/h3,5-6,10,15H,1-2,4,7-9H2,(H,17,18). The number of anilines is 1. The average molecular weight is 294 g/mol. The normalized spacial score (nSPS) is 18.2. The minimum atomic E-state index is -1.19. The van der Waals surface area contributed by atoms with Gasteiger partial charge in [-0.25, -0.2) is 4.79 Å². The number of benzene rings is 1. The van der Waals surface area contributed by atoms with E-state index < -0.39 is 10.9 Å². The Morgan fingerprint density at radius 3 is 2.90 bits per heavy atom. The van der Waals surface area contributed by atoms with E-state index in [1.54, 1.807) is 0 Å². The number of hydrogen-bond donors (Lipinski definition) is 2. The van der Waals surface area contributed by atoms with E-state index in [1.165, 1.54) is 18.2 Å². The van der Waals surface area contributed by atoms with Crippen LogP contribution in [0.3, 0.4) is 0 Å². The molecule has 2 N–H and O–H groups in total. The van der Waals surface area contributed by atoms with Gasteiger partial charge in [0.25, 0.3) is 5.69 Å². The predicted molar refractivity (Wildman–Crippen MR) is 76.8 cm³/mol. The molecule has 2 rings (SSSR count). The van der Waals surface area contributed by atoms with Crippen molar-refractivity contribution in [2.75, 3.05) is 18.5 Å². The maximum Gasteiger partial charge on any atom is 0.338 e. The fourth-order valence-corrected chi connectivity index (χ4v) is 2.45. The average Bonchev–Trinajstić information content (AvgIpc) is 2.48. The van der Waals surface area contributed by atoms with Gasteiger partial charge in [-0.05, 0) is 31.7 Å². The van der Waals surface area contributed by atoms with E-state index in [9.17, 15) is 14.9 Å². The van der Waals surface area contributed by atoms with E-state index in [4.69, 9.17) is 9.84 Å². The van der Waals surface area contributed by atoms with Crippen LogP contribution in [0.4, 0.5) is 11.4 Å². The van der Waals surface area contributed by atoms with E-state index in [2.05, 4.69) is 5.32 Å². The summed E-state index contributed by atoms with van der Waals surface area (Å²) in [6.45, 7) is 1.19. The highest BCUT2D eigenvalue weighted by atomic mass is 16.6. The molecule has 1 saturated heterocycles. The Hall–Kier alpha value is -2.15. The molecular formula is C14H18N2O5. The zero-order valence-electron chi connectivity index (χ0n) is 11.6. The van der Waals surface area contributed by atoms with E-state index in [-0.39, 0.29) is 23.0 Å². The Balaban J connectivity index is 2.06. The summed E-state index contributed by atoms with van der Waals surface area (Å²) in [5.74, 6) is -1.19. The second-order valence-electron chi connectivity index (χ2n) is 4.97. The molecule has 1 aromatic rings.